The molecule has 0 spiro atoms. The first-order valence-corrected chi connectivity index (χ1v) is 5.18. The second-order valence-corrected chi connectivity index (χ2v) is 3.34. The van der Waals surface area contributed by atoms with Gasteiger partial charge in [0.1, 0.15) is 11.0 Å². The SMILES string of the molecule is CCOC(=O)Nc1ccc2nsnc2c1. The van der Waals surface area contributed by atoms with Gasteiger partial charge in [0.15, 0.2) is 0 Å². The van der Waals surface area contributed by atoms with Gasteiger partial charge < -0.3 is 4.74 Å². The Morgan fingerprint density at radius 3 is 3.07 bits per heavy atom. The zero-order valence-corrected chi connectivity index (χ0v) is 8.87. The Balaban J connectivity index is 2.17. The molecule has 0 aliphatic carbocycles. The van der Waals surface area contributed by atoms with E-state index in [4.69, 9.17) is 4.74 Å². The lowest BCUT2D eigenvalue weighted by Crippen LogP contribution is -2.13. The summed E-state index contributed by atoms with van der Waals surface area (Å²) in [6.07, 6.45) is -0.458. The van der Waals surface area contributed by atoms with Crippen molar-refractivity contribution in [2.45, 2.75) is 6.92 Å². The third-order valence-corrected chi connectivity index (χ3v) is 2.33. The standard InChI is InChI=1S/C9H9N3O2S/c1-2-14-9(13)10-6-3-4-7-8(5-6)12-15-11-7/h3-5H,2H2,1H3,(H,10,13). The van der Waals surface area contributed by atoms with Crippen LogP contribution >= 0.6 is 11.7 Å². The van der Waals surface area contributed by atoms with Crippen LogP contribution in [0, 0.1) is 0 Å². The summed E-state index contributed by atoms with van der Waals surface area (Å²) in [7, 11) is 0. The van der Waals surface area contributed by atoms with Gasteiger partial charge in [0.05, 0.1) is 18.3 Å². The van der Waals surface area contributed by atoms with Crippen LogP contribution in [0.3, 0.4) is 0 Å². The summed E-state index contributed by atoms with van der Waals surface area (Å²) in [6, 6.07) is 5.33. The fourth-order valence-electron chi connectivity index (χ4n) is 1.14. The maximum absolute atomic E-state index is 11.1. The molecule has 78 valence electrons. The van der Waals surface area contributed by atoms with Crippen molar-refractivity contribution >= 4 is 34.5 Å². The Bertz CT molecular complexity index is 483. The van der Waals surface area contributed by atoms with Crippen LogP contribution in [0.2, 0.25) is 0 Å². The highest BCUT2D eigenvalue weighted by Crippen LogP contribution is 2.17. The highest BCUT2D eigenvalue weighted by Gasteiger charge is 2.04. The van der Waals surface area contributed by atoms with Crippen LogP contribution in [0.25, 0.3) is 11.0 Å². The number of aromatic nitrogens is 2. The molecule has 0 bridgehead atoms. The number of carbonyl (C=O) groups is 1. The number of carbonyl (C=O) groups excluding carboxylic acids is 1. The predicted molar refractivity (Wildman–Crippen MR) is 58.1 cm³/mol. The molecule has 0 fully saturated rings. The normalized spacial score (nSPS) is 10.2. The second-order valence-electron chi connectivity index (χ2n) is 2.81. The molecule has 1 amide bonds. The zero-order chi connectivity index (χ0) is 10.7. The minimum atomic E-state index is -0.458. The number of hydrogen-bond acceptors (Lipinski definition) is 5. The molecule has 1 N–H and O–H groups in total. The van der Waals surface area contributed by atoms with E-state index in [1.807, 2.05) is 0 Å². The number of nitrogens with one attached hydrogen (secondary N) is 1. The Morgan fingerprint density at radius 1 is 1.47 bits per heavy atom. The fourth-order valence-corrected chi connectivity index (χ4v) is 1.66. The Hall–Kier alpha value is -1.69. The van der Waals surface area contributed by atoms with Crippen molar-refractivity contribution in [1.82, 2.24) is 8.75 Å². The summed E-state index contributed by atoms with van der Waals surface area (Å²) >= 11 is 1.15. The highest BCUT2D eigenvalue weighted by atomic mass is 32.1. The summed E-state index contributed by atoms with van der Waals surface area (Å²) in [4.78, 5) is 11.1. The van der Waals surface area contributed by atoms with E-state index in [-0.39, 0.29) is 0 Å². The largest absolute Gasteiger partial charge is 0.450 e. The number of amides is 1. The molecule has 5 nitrogen and oxygen atoms in total. The van der Waals surface area contributed by atoms with Crippen molar-refractivity contribution in [3.8, 4) is 0 Å². The van der Waals surface area contributed by atoms with Crippen molar-refractivity contribution in [3.63, 3.8) is 0 Å². The molecule has 2 rings (SSSR count). The maximum atomic E-state index is 11.1. The number of benzene rings is 1. The minimum absolute atomic E-state index is 0.354. The van der Waals surface area contributed by atoms with Crippen LogP contribution in [-0.4, -0.2) is 21.4 Å². The van der Waals surface area contributed by atoms with Crippen LogP contribution in [0.1, 0.15) is 6.92 Å². The minimum Gasteiger partial charge on any atom is -0.450 e. The topological polar surface area (TPSA) is 64.1 Å². The fraction of sp³-hybridized carbons (Fsp3) is 0.222. The first-order valence-electron chi connectivity index (χ1n) is 4.45. The third kappa shape index (κ3) is 2.21. The average molecular weight is 223 g/mol. The molecule has 1 heterocycles. The van der Waals surface area contributed by atoms with Gasteiger partial charge in [0, 0.05) is 5.69 Å². The molecule has 0 atom stereocenters. The number of anilines is 1. The lowest BCUT2D eigenvalue weighted by molar-refractivity contribution is 0.168. The zero-order valence-electron chi connectivity index (χ0n) is 8.06. The summed E-state index contributed by atoms with van der Waals surface area (Å²) in [5, 5.41) is 2.60. The van der Waals surface area contributed by atoms with E-state index in [0.717, 1.165) is 22.8 Å². The van der Waals surface area contributed by atoms with Gasteiger partial charge in [-0.3, -0.25) is 5.32 Å². The lowest BCUT2D eigenvalue weighted by atomic mass is 10.3. The molecule has 0 unspecified atom stereocenters. The first-order chi connectivity index (χ1) is 7.29. The summed E-state index contributed by atoms with van der Waals surface area (Å²) < 4.78 is 12.9. The van der Waals surface area contributed by atoms with E-state index in [2.05, 4.69) is 14.1 Å². The van der Waals surface area contributed by atoms with E-state index in [9.17, 15) is 4.79 Å². The van der Waals surface area contributed by atoms with E-state index in [1.165, 1.54) is 0 Å². The van der Waals surface area contributed by atoms with E-state index >= 15 is 0 Å². The van der Waals surface area contributed by atoms with E-state index < -0.39 is 6.09 Å². The predicted octanol–water partition coefficient (Wildman–Crippen LogP) is 2.26. The van der Waals surface area contributed by atoms with Crippen LogP contribution in [0.5, 0.6) is 0 Å². The Kier molecular flexibility index (Phi) is 2.77. The number of rotatable bonds is 2. The van der Waals surface area contributed by atoms with Crippen LogP contribution in [0.4, 0.5) is 10.5 Å². The molecule has 2 aromatic rings. The summed E-state index contributed by atoms with van der Waals surface area (Å²) in [6.45, 7) is 2.11. The number of fused-ring (bicyclic) bond motifs is 1. The smallest absolute Gasteiger partial charge is 0.411 e. The van der Waals surface area contributed by atoms with E-state index in [0.29, 0.717) is 12.3 Å². The van der Waals surface area contributed by atoms with Gasteiger partial charge in [0.25, 0.3) is 0 Å². The van der Waals surface area contributed by atoms with E-state index in [1.54, 1.807) is 25.1 Å². The summed E-state index contributed by atoms with van der Waals surface area (Å²) in [5.74, 6) is 0. The van der Waals surface area contributed by atoms with Crippen LogP contribution in [0.15, 0.2) is 18.2 Å². The maximum Gasteiger partial charge on any atom is 0.411 e. The molecular formula is C9H9N3O2S. The van der Waals surface area contributed by atoms with Crippen molar-refractivity contribution in [3.05, 3.63) is 18.2 Å². The lowest BCUT2D eigenvalue weighted by Gasteiger charge is -2.03. The van der Waals surface area contributed by atoms with Gasteiger partial charge in [-0.2, -0.15) is 8.75 Å². The van der Waals surface area contributed by atoms with Crippen LogP contribution < -0.4 is 5.32 Å². The molecule has 1 aromatic heterocycles. The van der Waals surface area contributed by atoms with Crippen molar-refractivity contribution in [1.29, 1.82) is 0 Å². The van der Waals surface area contributed by atoms with Crippen molar-refractivity contribution in [2.75, 3.05) is 11.9 Å². The number of hydrogen-bond donors (Lipinski definition) is 1. The van der Waals surface area contributed by atoms with Crippen molar-refractivity contribution in [2.24, 2.45) is 0 Å². The van der Waals surface area contributed by atoms with Gasteiger partial charge in [-0.05, 0) is 25.1 Å². The Morgan fingerprint density at radius 2 is 2.27 bits per heavy atom. The van der Waals surface area contributed by atoms with Gasteiger partial charge >= 0.3 is 6.09 Å². The second kappa shape index (κ2) is 4.22. The van der Waals surface area contributed by atoms with Crippen LogP contribution in [-0.2, 0) is 4.74 Å². The first kappa shape index (κ1) is 9.85. The quantitative estimate of drug-likeness (QED) is 0.848. The van der Waals surface area contributed by atoms with Crippen molar-refractivity contribution < 1.29 is 9.53 Å². The molecule has 0 aliphatic heterocycles. The molecule has 0 aliphatic rings. The van der Waals surface area contributed by atoms with Gasteiger partial charge in [-0.15, -0.1) is 0 Å². The highest BCUT2D eigenvalue weighted by molar-refractivity contribution is 7.00. The van der Waals surface area contributed by atoms with Gasteiger partial charge in [-0.25, -0.2) is 4.79 Å². The molecular weight excluding hydrogens is 214 g/mol. The third-order valence-electron chi connectivity index (χ3n) is 1.78. The van der Waals surface area contributed by atoms with Gasteiger partial charge in [0.2, 0.25) is 0 Å². The molecule has 1 aromatic carbocycles. The average Bonchev–Trinajstić information content (AvgIpc) is 2.65. The summed E-state index contributed by atoms with van der Waals surface area (Å²) in [5.41, 5.74) is 2.26. The van der Waals surface area contributed by atoms with Gasteiger partial charge in [-0.1, -0.05) is 0 Å². The molecule has 0 radical (unpaired) electrons. The molecule has 15 heavy (non-hydrogen) atoms. The molecule has 6 heteroatoms. The number of nitrogens with zero attached hydrogens (tertiary/aromatic N) is 2. The molecule has 0 saturated carbocycles. The Labute approximate surface area is 90.4 Å². The monoisotopic (exact) mass is 223 g/mol. The molecule has 0 saturated heterocycles. The number of ether oxygens (including phenoxy) is 1.